The Kier molecular flexibility index (Phi) is 2.93. The van der Waals surface area contributed by atoms with E-state index in [9.17, 15) is 14.0 Å². The smallest absolute Gasteiger partial charge is 0.299 e. The topological polar surface area (TPSA) is 57.6 Å². The number of hydrogen-bond donors (Lipinski definition) is 1. The number of benzene rings is 1. The van der Waals surface area contributed by atoms with Crippen LogP contribution >= 0.6 is 0 Å². The highest BCUT2D eigenvalue weighted by molar-refractivity contribution is 6.52. The van der Waals surface area contributed by atoms with Gasteiger partial charge in [0.2, 0.25) is 0 Å². The van der Waals surface area contributed by atoms with E-state index in [1.807, 2.05) is 0 Å². The number of nitrogens with zero attached hydrogens (tertiary/aromatic N) is 1. The fraction of sp³-hybridized carbons (Fsp3) is 0.333. The van der Waals surface area contributed by atoms with Crippen molar-refractivity contribution >= 4 is 17.4 Å². The molecule has 0 aliphatic carbocycles. The molecule has 0 saturated carbocycles. The average molecular weight is 237 g/mol. The predicted octanol–water partition coefficient (Wildman–Crippen LogP) is 0.983. The summed E-state index contributed by atoms with van der Waals surface area (Å²) in [6, 6.07) is 3.69. The minimum absolute atomic E-state index is 0.0749. The second-order valence-electron chi connectivity index (χ2n) is 4.19. The van der Waals surface area contributed by atoms with Crippen LogP contribution in [-0.4, -0.2) is 29.9 Å². The molecule has 1 heterocycles. The highest BCUT2D eigenvalue weighted by atomic mass is 19.1. The van der Waals surface area contributed by atoms with Gasteiger partial charge in [-0.2, -0.15) is 0 Å². The fourth-order valence-electron chi connectivity index (χ4n) is 1.82. The third-order valence-corrected chi connectivity index (χ3v) is 2.74. The molecule has 4 nitrogen and oxygen atoms in total. The van der Waals surface area contributed by atoms with Crippen molar-refractivity contribution in [1.82, 2.24) is 0 Å². The summed E-state index contributed by atoms with van der Waals surface area (Å²) in [5.41, 5.74) is 0.516. The second kappa shape index (κ2) is 4.25. The molecule has 0 fully saturated rings. The molecule has 0 saturated heterocycles. The van der Waals surface area contributed by atoms with E-state index in [0.29, 0.717) is 5.69 Å². The van der Waals surface area contributed by atoms with Crippen molar-refractivity contribution in [3.05, 3.63) is 29.6 Å². The number of halogens is 1. The number of rotatable bonds is 3. The molecule has 1 aliphatic heterocycles. The van der Waals surface area contributed by atoms with Crippen LogP contribution in [0, 0.1) is 11.7 Å². The Bertz CT molecular complexity index is 487. The summed E-state index contributed by atoms with van der Waals surface area (Å²) in [6.07, 6.45) is 0. The molecule has 0 radical (unpaired) electrons. The first-order valence-electron chi connectivity index (χ1n) is 5.31. The number of ketones is 1. The zero-order valence-electron chi connectivity index (χ0n) is 9.31. The van der Waals surface area contributed by atoms with E-state index in [1.165, 1.54) is 17.0 Å². The number of carbonyl (C=O) groups excluding carboxylic acids is 2. The standard InChI is InChI=1S/C12H12FNO3/c1-7(6-15)5-14-10-3-2-8(13)4-9(10)11(16)12(14)17/h2-4,7,15H,5-6H2,1H3. The van der Waals surface area contributed by atoms with E-state index >= 15 is 0 Å². The molecule has 1 atom stereocenters. The predicted molar refractivity (Wildman–Crippen MR) is 59.3 cm³/mol. The highest BCUT2D eigenvalue weighted by Crippen LogP contribution is 2.29. The summed E-state index contributed by atoms with van der Waals surface area (Å²) in [5, 5.41) is 8.96. The van der Waals surface area contributed by atoms with E-state index in [0.717, 1.165) is 6.07 Å². The zero-order chi connectivity index (χ0) is 12.6. The molecular weight excluding hydrogens is 225 g/mol. The zero-order valence-corrected chi connectivity index (χ0v) is 9.31. The number of Topliss-reactive ketones (excluding diaryl/α,β-unsaturated/α-hetero) is 1. The van der Waals surface area contributed by atoms with E-state index in [2.05, 4.69) is 0 Å². The van der Waals surface area contributed by atoms with Crippen LogP contribution in [0.15, 0.2) is 18.2 Å². The second-order valence-corrected chi connectivity index (χ2v) is 4.19. The minimum atomic E-state index is -0.690. The maximum absolute atomic E-state index is 13.0. The van der Waals surface area contributed by atoms with Crippen LogP contribution in [0.3, 0.4) is 0 Å². The van der Waals surface area contributed by atoms with Crippen LogP contribution in [0.25, 0.3) is 0 Å². The summed E-state index contributed by atoms with van der Waals surface area (Å²) >= 11 is 0. The Balaban J connectivity index is 2.38. The van der Waals surface area contributed by atoms with Crippen molar-refractivity contribution < 1.29 is 19.1 Å². The van der Waals surface area contributed by atoms with Gasteiger partial charge < -0.3 is 10.0 Å². The first-order valence-corrected chi connectivity index (χ1v) is 5.31. The van der Waals surface area contributed by atoms with Crippen LogP contribution in [0.5, 0.6) is 0 Å². The summed E-state index contributed by atoms with van der Waals surface area (Å²) in [7, 11) is 0. The molecule has 1 aromatic rings. The van der Waals surface area contributed by atoms with E-state index < -0.39 is 17.5 Å². The number of aliphatic hydroxyl groups excluding tert-OH is 1. The highest BCUT2D eigenvalue weighted by Gasteiger charge is 2.36. The number of anilines is 1. The van der Waals surface area contributed by atoms with Gasteiger partial charge in [-0.05, 0) is 24.1 Å². The van der Waals surface area contributed by atoms with Gasteiger partial charge in [0.15, 0.2) is 0 Å². The molecule has 90 valence electrons. The number of amides is 1. The van der Waals surface area contributed by atoms with Gasteiger partial charge in [0.05, 0.1) is 11.3 Å². The van der Waals surface area contributed by atoms with Gasteiger partial charge in [0.25, 0.3) is 11.7 Å². The van der Waals surface area contributed by atoms with Crippen LogP contribution < -0.4 is 4.90 Å². The lowest BCUT2D eigenvalue weighted by Gasteiger charge is -2.19. The third-order valence-electron chi connectivity index (χ3n) is 2.74. The molecule has 0 spiro atoms. The molecule has 1 aliphatic rings. The molecule has 0 aromatic heterocycles. The largest absolute Gasteiger partial charge is 0.396 e. The SMILES string of the molecule is CC(CO)CN1C(=O)C(=O)c2cc(F)ccc21. The first-order chi connectivity index (χ1) is 8.04. The molecule has 1 amide bonds. The lowest BCUT2D eigenvalue weighted by atomic mass is 10.1. The van der Waals surface area contributed by atoms with Crippen molar-refractivity contribution in [2.24, 2.45) is 5.92 Å². The number of carbonyl (C=O) groups is 2. The van der Waals surface area contributed by atoms with Gasteiger partial charge >= 0.3 is 0 Å². The van der Waals surface area contributed by atoms with Crippen LogP contribution in [0.2, 0.25) is 0 Å². The van der Waals surface area contributed by atoms with Gasteiger partial charge in [-0.3, -0.25) is 9.59 Å². The van der Waals surface area contributed by atoms with Crippen LogP contribution in [0.4, 0.5) is 10.1 Å². The van der Waals surface area contributed by atoms with Crippen molar-refractivity contribution in [1.29, 1.82) is 0 Å². The normalized spacial score (nSPS) is 16.3. The maximum atomic E-state index is 13.0. The third kappa shape index (κ3) is 1.93. The molecule has 1 N–H and O–H groups in total. The lowest BCUT2D eigenvalue weighted by molar-refractivity contribution is -0.114. The molecule has 0 bridgehead atoms. The Morgan fingerprint density at radius 3 is 2.76 bits per heavy atom. The van der Waals surface area contributed by atoms with Crippen molar-refractivity contribution in [3.63, 3.8) is 0 Å². The van der Waals surface area contributed by atoms with Gasteiger partial charge in [-0.15, -0.1) is 0 Å². The molecule has 5 heteroatoms. The van der Waals surface area contributed by atoms with E-state index in [1.54, 1.807) is 6.92 Å². The summed E-state index contributed by atoms with van der Waals surface area (Å²) in [5.74, 6) is -2.03. The number of fused-ring (bicyclic) bond motifs is 1. The lowest BCUT2D eigenvalue weighted by Crippen LogP contribution is -2.34. The Labute approximate surface area is 97.7 Å². The van der Waals surface area contributed by atoms with Crippen molar-refractivity contribution in [2.75, 3.05) is 18.1 Å². The van der Waals surface area contributed by atoms with Gasteiger partial charge in [-0.1, -0.05) is 6.92 Å². The first kappa shape index (κ1) is 11.7. The van der Waals surface area contributed by atoms with E-state index in [-0.39, 0.29) is 24.6 Å². The van der Waals surface area contributed by atoms with Crippen LogP contribution in [-0.2, 0) is 4.79 Å². The van der Waals surface area contributed by atoms with Crippen molar-refractivity contribution in [2.45, 2.75) is 6.92 Å². The molecular formula is C12H12FNO3. The number of hydrogen-bond acceptors (Lipinski definition) is 3. The summed E-state index contributed by atoms with van der Waals surface area (Å²) in [6.45, 7) is 1.94. The summed E-state index contributed by atoms with van der Waals surface area (Å²) < 4.78 is 13.0. The van der Waals surface area contributed by atoms with Crippen LogP contribution in [0.1, 0.15) is 17.3 Å². The minimum Gasteiger partial charge on any atom is -0.396 e. The monoisotopic (exact) mass is 237 g/mol. The van der Waals surface area contributed by atoms with Crippen molar-refractivity contribution in [3.8, 4) is 0 Å². The van der Waals surface area contributed by atoms with Gasteiger partial charge in [-0.25, -0.2) is 4.39 Å². The Hall–Kier alpha value is -1.75. The fourth-order valence-corrected chi connectivity index (χ4v) is 1.82. The van der Waals surface area contributed by atoms with Gasteiger partial charge in [0, 0.05) is 13.2 Å². The average Bonchev–Trinajstić information content (AvgIpc) is 2.54. The maximum Gasteiger partial charge on any atom is 0.299 e. The Morgan fingerprint density at radius 2 is 2.12 bits per heavy atom. The molecule has 17 heavy (non-hydrogen) atoms. The molecule has 1 aromatic carbocycles. The Morgan fingerprint density at radius 1 is 1.41 bits per heavy atom. The number of aliphatic hydroxyl groups is 1. The van der Waals surface area contributed by atoms with Gasteiger partial charge in [0.1, 0.15) is 5.82 Å². The quantitative estimate of drug-likeness (QED) is 0.797. The molecule has 1 unspecified atom stereocenters. The molecule has 2 rings (SSSR count). The summed E-state index contributed by atoms with van der Waals surface area (Å²) in [4.78, 5) is 24.6. The van der Waals surface area contributed by atoms with E-state index in [4.69, 9.17) is 5.11 Å².